The second-order valence-corrected chi connectivity index (χ2v) is 6.00. The van der Waals surface area contributed by atoms with Gasteiger partial charge in [0.25, 0.3) is 0 Å². The van der Waals surface area contributed by atoms with Crippen LogP contribution >= 0.6 is 12.4 Å². The molecule has 0 saturated carbocycles. The van der Waals surface area contributed by atoms with Crippen LogP contribution in [0.4, 0.5) is 0 Å². The number of aryl methyl sites for hydroxylation is 2. The Bertz CT molecular complexity index is 770. The number of hydrazone groups is 1. The SMILES string of the molecule is Cc1cc(C)c2c(n1)CC(c1ccccc1)CC2=NNC(=N)N.Cl. The summed E-state index contributed by atoms with van der Waals surface area (Å²) in [4.78, 5) is 4.73. The highest BCUT2D eigenvalue weighted by Gasteiger charge is 2.27. The fourth-order valence-corrected chi connectivity index (χ4v) is 3.29. The van der Waals surface area contributed by atoms with Crippen LogP contribution < -0.4 is 11.2 Å². The van der Waals surface area contributed by atoms with Crippen LogP contribution in [0.3, 0.4) is 0 Å². The summed E-state index contributed by atoms with van der Waals surface area (Å²) in [6, 6.07) is 12.5. The summed E-state index contributed by atoms with van der Waals surface area (Å²) in [5, 5.41) is 11.7. The molecule has 1 atom stereocenters. The van der Waals surface area contributed by atoms with Gasteiger partial charge in [-0.15, -0.1) is 12.4 Å². The highest BCUT2D eigenvalue weighted by Crippen LogP contribution is 2.33. The molecule has 0 radical (unpaired) electrons. The number of fused-ring (bicyclic) bond motifs is 1. The maximum atomic E-state index is 7.34. The minimum atomic E-state index is -0.154. The summed E-state index contributed by atoms with van der Waals surface area (Å²) in [6.45, 7) is 4.10. The Balaban J connectivity index is 0.00000208. The molecule has 2 aromatic rings. The van der Waals surface area contributed by atoms with Crippen molar-refractivity contribution in [3.05, 3.63) is 64.5 Å². The van der Waals surface area contributed by atoms with Gasteiger partial charge in [-0.3, -0.25) is 10.4 Å². The number of benzene rings is 1. The lowest BCUT2D eigenvalue weighted by Crippen LogP contribution is -2.29. The molecule has 126 valence electrons. The van der Waals surface area contributed by atoms with Crippen molar-refractivity contribution in [3.63, 3.8) is 0 Å². The Labute approximate surface area is 148 Å². The maximum Gasteiger partial charge on any atom is 0.206 e. The van der Waals surface area contributed by atoms with Gasteiger partial charge in [-0.1, -0.05) is 30.3 Å². The van der Waals surface area contributed by atoms with Crippen LogP contribution in [0.1, 0.15) is 40.4 Å². The minimum absolute atomic E-state index is 0. The fraction of sp³-hybridized carbons (Fsp3) is 0.278. The Morgan fingerprint density at radius 3 is 2.62 bits per heavy atom. The summed E-state index contributed by atoms with van der Waals surface area (Å²) in [7, 11) is 0. The van der Waals surface area contributed by atoms with Crippen LogP contribution in [0.2, 0.25) is 0 Å². The molecular formula is C18H22ClN5. The molecule has 0 saturated heterocycles. The molecule has 24 heavy (non-hydrogen) atoms. The maximum absolute atomic E-state index is 7.34. The average molecular weight is 344 g/mol. The van der Waals surface area contributed by atoms with Crippen LogP contribution in [0.25, 0.3) is 0 Å². The largest absolute Gasteiger partial charge is 0.369 e. The molecule has 6 heteroatoms. The number of nitrogens with two attached hydrogens (primary N) is 1. The van der Waals surface area contributed by atoms with Crippen molar-refractivity contribution >= 4 is 24.1 Å². The summed E-state index contributed by atoms with van der Waals surface area (Å²) in [6.07, 6.45) is 1.71. The molecule has 0 fully saturated rings. The minimum Gasteiger partial charge on any atom is -0.369 e. The molecule has 3 rings (SSSR count). The number of guanidine groups is 1. The van der Waals surface area contributed by atoms with Crippen LogP contribution in [0.5, 0.6) is 0 Å². The lowest BCUT2D eigenvalue weighted by Gasteiger charge is -2.27. The lowest BCUT2D eigenvalue weighted by atomic mass is 9.80. The molecule has 0 bridgehead atoms. The summed E-state index contributed by atoms with van der Waals surface area (Å²) in [5.41, 5.74) is 14.5. The molecule has 0 spiro atoms. The van der Waals surface area contributed by atoms with Crippen LogP contribution in [0, 0.1) is 19.3 Å². The Kier molecular flexibility index (Phi) is 5.57. The first-order chi connectivity index (χ1) is 11.0. The van der Waals surface area contributed by atoms with Crippen molar-refractivity contribution in [2.24, 2.45) is 10.8 Å². The van der Waals surface area contributed by atoms with Crippen molar-refractivity contribution in [1.82, 2.24) is 10.4 Å². The first-order valence-corrected chi connectivity index (χ1v) is 7.73. The standard InChI is InChI=1S/C18H21N5.ClH/c1-11-8-12(2)21-15-9-14(13-6-4-3-5-7-13)10-16(17(11)15)22-23-18(19)20;/h3-8,14H,9-10H2,1-2H3,(H4,19,20,23);1H. The number of nitrogens with one attached hydrogen (secondary N) is 2. The smallest absolute Gasteiger partial charge is 0.206 e. The average Bonchev–Trinajstić information content (AvgIpc) is 2.52. The van der Waals surface area contributed by atoms with E-state index >= 15 is 0 Å². The van der Waals surface area contributed by atoms with E-state index in [1.807, 2.05) is 13.0 Å². The molecule has 1 aliphatic carbocycles. The van der Waals surface area contributed by atoms with Gasteiger partial charge in [0.2, 0.25) is 5.96 Å². The van der Waals surface area contributed by atoms with Crippen LogP contribution in [-0.4, -0.2) is 16.7 Å². The second-order valence-electron chi connectivity index (χ2n) is 6.00. The molecule has 0 aliphatic heterocycles. The Morgan fingerprint density at radius 1 is 1.25 bits per heavy atom. The van der Waals surface area contributed by atoms with E-state index in [9.17, 15) is 0 Å². The lowest BCUT2D eigenvalue weighted by molar-refractivity contribution is 0.673. The van der Waals surface area contributed by atoms with Gasteiger partial charge in [0, 0.05) is 11.3 Å². The van der Waals surface area contributed by atoms with Gasteiger partial charge < -0.3 is 5.73 Å². The van der Waals surface area contributed by atoms with Crippen molar-refractivity contribution in [2.75, 3.05) is 0 Å². The number of hydrogen-bond donors (Lipinski definition) is 3. The van der Waals surface area contributed by atoms with E-state index in [0.717, 1.165) is 35.5 Å². The second kappa shape index (κ2) is 7.45. The summed E-state index contributed by atoms with van der Waals surface area (Å²) >= 11 is 0. The van der Waals surface area contributed by atoms with Crippen molar-refractivity contribution in [3.8, 4) is 0 Å². The molecule has 1 aromatic heterocycles. The zero-order valence-electron chi connectivity index (χ0n) is 13.8. The normalized spacial score (nSPS) is 17.8. The van der Waals surface area contributed by atoms with Crippen molar-refractivity contribution < 1.29 is 0 Å². The molecule has 4 N–H and O–H groups in total. The van der Waals surface area contributed by atoms with Gasteiger partial charge in [0.05, 0.1) is 11.4 Å². The van der Waals surface area contributed by atoms with Crippen LogP contribution in [0.15, 0.2) is 41.5 Å². The van der Waals surface area contributed by atoms with Gasteiger partial charge in [-0.25, -0.2) is 5.43 Å². The van der Waals surface area contributed by atoms with Gasteiger partial charge in [-0.2, -0.15) is 5.10 Å². The summed E-state index contributed by atoms with van der Waals surface area (Å²) < 4.78 is 0. The molecule has 1 aromatic carbocycles. The third-order valence-electron chi connectivity index (χ3n) is 4.17. The molecule has 1 aliphatic rings. The van der Waals surface area contributed by atoms with Crippen molar-refractivity contribution in [1.29, 1.82) is 5.41 Å². The quantitative estimate of drug-likeness (QED) is 0.445. The molecule has 1 unspecified atom stereocenters. The predicted octanol–water partition coefficient (Wildman–Crippen LogP) is 3.04. The van der Waals surface area contributed by atoms with E-state index in [2.05, 4.69) is 47.8 Å². The van der Waals surface area contributed by atoms with E-state index in [1.165, 1.54) is 11.1 Å². The van der Waals surface area contributed by atoms with E-state index in [0.29, 0.717) is 5.92 Å². The first kappa shape index (κ1) is 17.9. The number of halogens is 1. The summed E-state index contributed by atoms with van der Waals surface area (Å²) in [5.74, 6) is 0.184. The molecule has 1 heterocycles. The van der Waals surface area contributed by atoms with E-state index < -0.39 is 0 Å². The Morgan fingerprint density at radius 2 is 1.96 bits per heavy atom. The monoisotopic (exact) mass is 343 g/mol. The predicted molar refractivity (Wildman–Crippen MR) is 100 cm³/mol. The first-order valence-electron chi connectivity index (χ1n) is 7.73. The number of rotatable bonds is 2. The molecule has 0 amide bonds. The van der Waals surface area contributed by atoms with E-state index in [4.69, 9.17) is 16.1 Å². The van der Waals surface area contributed by atoms with E-state index in [-0.39, 0.29) is 18.4 Å². The number of pyridine rings is 1. The van der Waals surface area contributed by atoms with Gasteiger partial charge in [0.1, 0.15) is 0 Å². The van der Waals surface area contributed by atoms with E-state index in [1.54, 1.807) is 0 Å². The van der Waals surface area contributed by atoms with Crippen LogP contribution in [-0.2, 0) is 6.42 Å². The third-order valence-corrected chi connectivity index (χ3v) is 4.17. The van der Waals surface area contributed by atoms with Gasteiger partial charge in [-0.05, 0) is 49.8 Å². The van der Waals surface area contributed by atoms with Gasteiger partial charge in [0.15, 0.2) is 0 Å². The highest BCUT2D eigenvalue weighted by atomic mass is 35.5. The third kappa shape index (κ3) is 3.74. The van der Waals surface area contributed by atoms with Crippen molar-refractivity contribution in [2.45, 2.75) is 32.6 Å². The number of hydrogen-bond acceptors (Lipinski definition) is 3. The molecular weight excluding hydrogens is 322 g/mol. The zero-order chi connectivity index (χ0) is 16.4. The Hall–Kier alpha value is -2.40. The molecule has 5 nitrogen and oxygen atoms in total. The topological polar surface area (TPSA) is 87.2 Å². The van der Waals surface area contributed by atoms with Gasteiger partial charge >= 0.3 is 0 Å². The zero-order valence-corrected chi connectivity index (χ0v) is 14.7. The highest BCUT2D eigenvalue weighted by molar-refractivity contribution is 6.04. The number of aromatic nitrogens is 1. The number of nitrogens with zero attached hydrogens (tertiary/aromatic N) is 2. The fourth-order valence-electron chi connectivity index (χ4n) is 3.29.